The Balaban J connectivity index is 1.70. The van der Waals surface area contributed by atoms with Crippen molar-refractivity contribution in [1.82, 2.24) is 20.4 Å². The van der Waals surface area contributed by atoms with E-state index in [1.807, 2.05) is 19.2 Å². The molecule has 0 saturated heterocycles. The van der Waals surface area contributed by atoms with Gasteiger partial charge in [0.2, 0.25) is 6.39 Å². The topological polar surface area (TPSA) is 63.8 Å². The van der Waals surface area contributed by atoms with Crippen LogP contribution in [0.25, 0.3) is 0 Å². The molecule has 0 aliphatic heterocycles. The molecule has 16 heavy (non-hydrogen) atoms. The van der Waals surface area contributed by atoms with Gasteiger partial charge in [-0.3, -0.25) is 4.98 Å². The molecule has 0 aromatic carbocycles. The molecule has 2 heterocycles. The fourth-order valence-corrected chi connectivity index (χ4v) is 1.34. The summed E-state index contributed by atoms with van der Waals surface area (Å²) in [7, 11) is 0. The number of hydrogen-bond donors (Lipinski definition) is 1. The van der Waals surface area contributed by atoms with E-state index >= 15 is 0 Å². The van der Waals surface area contributed by atoms with E-state index in [0.717, 1.165) is 31.0 Å². The van der Waals surface area contributed by atoms with Gasteiger partial charge in [0, 0.05) is 31.4 Å². The summed E-state index contributed by atoms with van der Waals surface area (Å²) in [4.78, 5) is 8.17. The van der Waals surface area contributed by atoms with E-state index in [4.69, 9.17) is 0 Å². The van der Waals surface area contributed by atoms with Crippen molar-refractivity contribution in [3.05, 3.63) is 41.8 Å². The molecule has 0 aliphatic carbocycles. The maximum atomic E-state index is 4.64. The Morgan fingerprint density at radius 3 is 2.94 bits per heavy atom. The molecule has 2 rings (SSSR count). The van der Waals surface area contributed by atoms with Crippen LogP contribution in [-0.4, -0.2) is 21.7 Å². The predicted octanol–water partition coefficient (Wildman–Crippen LogP) is 1.11. The molecule has 0 atom stereocenters. The van der Waals surface area contributed by atoms with Gasteiger partial charge in [0.05, 0.1) is 0 Å². The molecular weight excluding hydrogens is 204 g/mol. The third kappa shape index (κ3) is 3.13. The van der Waals surface area contributed by atoms with Crippen LogP contribution in [-0.2, 0) is 13.0 Å². The van der Waals surface area contributed by atoms with Crippen LogP contribution in [0, 0.1) is 6.92 Å². The summed E-state index contributed by atoms with van der Waals surface area (Å²) < 4.78 is 4.64. The first-order valence-electron chi connectivity index (χ1n) is 5.22. The van der Waals surface area contributed by atoms with Crippen molar-refractivity contribution in [3.8, 4) is 0 Å². The van der Waals surface area contributed by atoms with Crippen LogP contribution in [0.3, 0.4) is 0 Å². The van der Waals surface area contributed by atoms with Crippen LogP contribution < -0.4 is 5.32 Å². The maximum Gasteiger partial charge on any atom is 0.213 e. The third-order valence-electron chi connectivity index (χ3n) is 2.23. The normalized spacial score (nSPS) is 10.6. The van der Waals surface area contributed by atoms with Gasteiger partial charge in [-0.05, 0) is 18.6 Å². The minimum absolute atomic E-state index is 0.731. The van der Waals surface area contributed by atoms with Crippen LogP contribution in [0.4, 0.5) is 0 Å². The molecule has 0 radical (unpaired) electrons. The van der Waals surface area contributed by atoms with Gasteiger partial charge in [-0.2, -0.15) is 4.98 Å². The lowest BCUT2D eigenvalue weighted by molar-refractivity contribution is 0.409. The second-order valence-electron chi connectivity index (χ2n) is 3.58. The fourth-order valence-electron chi connectivity index (χ4n) is 1.34. The average Bonchev–Trinajstić information content (AvgIpc) is 2.80. The zero-order valence-electron chi connectivity index (χ0n) is 9.18. The standard InChI is InChI=1S/C11H14N4O/c1-9-2-3-10(7-13-9)6-12-5-4-11-14-8-16-15-11/h2-3,7-8,12H,4-6H2,1H3. The van der Waals surface area contributed by atoms with Gasteiger partial charge in [-0.1, -0.05) is 11.2 Å². The van der Waals surface area contributed by atoms with E-state index in [0.29, 0.717) is 0 Å². The SMILES string of the molecule is Cc1ccc(CNCCc2ncon2)cn1. The first-order valence-corrected chi connectivity index (χ1v) is 5.22. The molecule has 0 spiro atoms. The Hall–Kier alpha value is -1.75. The monoisotopic (exact) mass is 218 g/mol. The van der Waals surface area contributed by atoms with E-state index in [2.05, 4.69) is 31.0 Å². The smallest absolute Gasteiger partial charge is 0.213 e. The molecule has 0 aliphatic rings. The summed E-state index contributed by atoms with van der Waals surface area (Å²) in [6.45, 7) is 3.62. The summed E-state index contributed by atoms with van der Waals surface area (Å²) in [5, 5.41) is 7.03. The quantitative estimate of drug-likeness (QED) is 0.761. The molecule has 2 aromatic rings. The fraction of sp³-hybridized carbons (Fsp3) is 0.364. The largest absolute Gasteiger partial charge is 0.343 e. The Kier molecular flexibility index (Phi) is 3.61. The van der Waals surface area contributed by atoms with Gasteiger partial charge < -0.3 is 9.84 Å². The number of aryl methyl sites for hydroxylation is 1. The molecule has 0 fully saturated rings. The average molecular weight is 218 g/mol. The highest BCUT2D eigenvalue weighted by atomic mass is 16.5. The lowest BCUT2D eigenvalue weighted by atomic mass is 10.2. The second kappa shape index (κ2) is 5.37. The van der Waals surface area contributed by atoms with Crippen LogP contribution in [0.5, 0.6) is 0 Å². The first kappa shape index (κ1) is 10.8. The van der Waals surface area contributed by atoms with E-state index in [1.165, 1.54) is 12.0 Å². The van der Waals surface area contributed by atoms with Crippen LogP contribution in [0.1, 0.15) is 17.1 Å². The molecule has 1 N–H and O–H groups in total. The lowest BCUT2D eigenvalue weighted by Crippen LogP contribution is -2.17. The van der Waals surface area contributed by atoms with Gasteiger partial charge in [0.1, 0.15) is 0 Å². The number of pyridine rings is 1. The van der Waals surface area contributed by atoms with Crippen molar-refractivity contribution in [2.24, 2.45) is 0 Å². The minimum atomic E-state index is 0.731. The van der Waals surface area contributed by atoms with Crippen LogP contribution in [0.15, 0.2) is 29.2 Å². The molecule has 0 saturated carbocycles. The molecule has 2 aromatic heterocycles. The zero-order valence-corrected chi connectivity index (χ0v) is 9.18. The second-order valence-corrected chi connectivity index (χ2v) is 3.58. The van der Waals surface area contributed by atoms with Gasteiger partial charge in [-0.25, -0.2) is 0 Å². The number of nitrogens with zero attached hydrogens (tertiary/aromatic N) is 3. The van der Waals surface area contributed by atoms with Gasteiger partial charge in [0.15, 0.2) is 5.82 Å². The molecule has 84 valence electrons. The zero-order chi connectivity index (χ0) is 11.2. The Bertz CT molecular complexity index is 410. The first-order chi connectivity index (χ1) is 7.84. The third-order valence-corrected chi connectivity index (χ3v) is 2.23. The van der Waals surface area contributed by atoms with Gasteiger partial charge >= 0.3 is 0 Å². The van der Waals surface area contributed by atoms with E-state index in [9.17, 15) is 0 Å². The predicted molar refractivity (Wildman–Crippen MR) is 58.7 cm³/mol. The molecule has 5 nitrogen and oxygen atoms in total. The van der Waals surface area contributed by atoms with Crippen molar-refractivity contribution in [3.63, 3.8) is 0 Å². The van der Waals surface area contributed by atoms with Crippen molar-refractivity contribution >= 4 is 0 Å². The van der Waals surface area contributed by atoms with Crippen LogP contribution >= 0.6 is 0 Å². The van der Waals surface area contributed by atoms with Crippen molar-refractivity contribution in [2.45, 2.75) is 19.9 Å². The Morgan fingerprint density at radius 2 is 2.25 bits per heavy atom. The number of aromatic nitrogens is 3. The highest BCUT2D eigenvalue weighted by molar-refractivity contribution is 5.12. The van der Waals surface area contributed by atoms with Crippen molar-refractivity contribution < 1.29 is 4.52 Å². The maximum absolute atomic E-state index is 4.64. The number of hydrogen-bond acceptors (Lipinski definition) is 5. The summed E-state index contributed by atoms with van der Waals surface area (Å²) in [6.07, 6.45) is 4.01. The summed E-state index contributed by atoms with van der Waals surface area (Å²) in [6, 6.07) is 4.08. The highest BCUT2D eigenvalue weighted by Gasteiger charge is 1.98. The van der Waals surface area contributed by atoms with Gasteiger partial charge in [-0.15, -0.1) is 0 Å². The molecule has 0 bridgehead atoms. The summed E-state index contributed by atoms with van der Waals surface area (Å²) in [5.41, 5.74) is 2.22. The Morgan fingerprint density at radius 1 is 1.31 bits per heavy atom. The molecule has 0 amide bonds. The van der Waals surface area contributed by atoms with Gasteiger partial charge in [0.25, 0.3) is 0 Å². The molecule has 0 unspecified atom stereocenters. The van der Waals surface area contributed by atoms with Crippen molar-refractivity contribution in [1.29, 1.82) is 0 Å². The summed E-state index contributed by atoms with van der Waals surface area (Å²) in [5.74, 6) is 0.731. The van der Waals surface area contributed by atoms with Crippen LogP contribution in [0.2, 0.25) is 0 Å². The molecule has 5 heteroatoms. The Labute approximate surface area is 93.9 Å². The minimum Gasteiger partial charge on any atom is -0.343 e. The van der Waals surface area contributed by atoms with Crippen molar-refractivity contribution in [2.75, 3.05) is 6.54 Å². The molecular formula is C11H14N4O. The highest BCUT2D eigenvalue weighted by Crippen LogP contribution is 1.98. The lowest BCUT2D eigenvalue weighted by Gasteiger charge is -2.02. The van der Waals surface area contributed by atoms with E-state index in [-0.39, 0.29) is 0 Å². The number of nitrogens with one attached hydrogen (secondary N) is 1. The van der Waals surface area contributed by atoms with E-state index in [1.54, 1.807) is 0 Å². The van der Waals surface area contributed by atoms with E-state index < -0.39 is 0 Å². The number of rotatable bonds is 5. The summed E-state index contributed by atoms with van der Waals surface area (Å²) >= 11 is 0.